The van der Waals surface area contributed by atoms with E-state index >= 15 is 0 Å². The first kappa shape index (κ1) is 16.4. The van der Waals surface area contributed by atoms with E-state index in [0.29, 0.717) is 30.5 Å². The molecule has 1 rings (SSSR count). The summed E-state index contributed by atoms with van der Waals surface area (Å²) in [6.45, 7) is 9.61. The average molecular weight is 271 g/mol. The van der Waals surface area contributed by atoms with Crippen LogP contribution in [0.5, 0.6) is 0 Å². The van der Waals surface area contributed by atoms with Crippen molar-refractivity contribution in [3.05, 3.63) is 0 Å². The molecule has 0 aromatic carbocycles. The smallest absolute Gasteiger partial charge is 0.231 e. The monoisotopic (exact) mass is 271 g/mol. The Bertz CT molecular complexity index is 289. The average Bonchev–Trinajstić information content (AvgIpc) is 2.22. The Labute approximate surface area is 116 Å². The van der Waals surface area contributed by atoms with Crippen molar-refractivity contribution in [1.82, 2.24) is 10.2 Å². The van der Waals surface area contributed by atoms with E-state index in [2.05, 4.69) is 31.0 Å². The third-order valence-corrected chi connectivity index (χ3v) is 3.44. The van der Waals surface area contributed by atoms with Gasteiger partial charge in [-0.3, -0.25) is 9.69 Å². The van der Waals surface area contributed by atoms with E-state index in [4.69, 9.17) is 10.8 Å². The summed E-state index contributed by atoms with van der Waals surface area (Å²) in [5.41, 5.74) is 5.59. The highest BCUT2D eigenvalue weighted by molar-refractivity contribution is 5.75. The number of nitrogens with two attached hydrogens (primary N) is 1. The van der Waals surface area contributed by atoms with Gasteiger partial charge < -0.3 is 16.2 Å². The van der Waals surface area contributed by atoms with Gasteiger partial charge in [0, 0.05) is 25.7 Å². The Morgan fingerprint density at radius 2 is 2.11 bits per heavy atom. The van der Waals surface area contributed by atoms with E-state index in [-0.39, 0.29) is 12.5 Å². The molecule has 0 saturated carbocycles. The second-order valence-electron chi connectivity index (χ2n) is 6.90. The molecule has 1 fully saturated rings. The molecule has 1 heterocycles. The number of hydrogen-bond donors (Lipinski definition) is 3. The normalized spacial score (nSPS) is 25.5. The van der Waals surface area contributed by atoms with Gasteiger partial charge in [-0.2, -0.15) is 0 Å². The standard InChI is InChI=1S/C14H29N3O2/c1-14(2,3)7-11-6-12(16-4-5-18)9-17(8-11)10-13(15)19/h11-12,16,18H,4-10H2,1-3H3,(H2,15,19). The van der Waals surface area contributed by atoms with Gasteiger partial charge in [-0.25, -0.2) is 0 Å². The SMILES string of the molecule is CC(C)(C)CC1CC(NCCO)CN(CC(N)=O)C1. The molecule has 5 heteroatoms. The Balaban J connectivity index is 2.57. The first-order valence-corrected chi connectivity index (χ1v) is 7.15. The van der Waals surface area contributed by atoms with Crippen molar-refractivity contribution >= 4 is 5.91 Å². The minimum absolute atomic E-state index is 0.149. The number of primary amides is 1. The van der Waals surface area contributed by atoms with Gasteiger partial charge in [0.1, 0.15) is 0 Å². The van der Waals surface area contributed by atoms with Gasteiger partial charge in [-0.15, -0.1) is 0 Å². The van der Waals surface area contributed by atoms with E-state index in [9.17, 15) is 4.79 Å². The summed E-state index contributed by atoms with van der Waals surface area (Å²) in [5, 5.41) is 12.3. The van der Waals surface area contributed by atoms with Crippen LogP contribution in [0.3, 0.4) is 0 Å². The third kappa shape index (κ3) is 6.89. The molecule has 0 bridgehead atoms. The Kier molecular flexibility index (Phi) is 6.23. The summed E-state index contributed by atoms with van der Waals surface area (Å²) in [7, 11) is 0. The molecule has 1 aliphatic rings. The van der Waals surface area contributed by atoms with Crippen LogP contribution in [0.25, 0.3) is 0 Å². The van der Waals surface area contributed by atoms with E-state index in [1.807, 2.05) is 0 Å². The summed E-state index contributed by atoms with van der Waals surface area (Å²) in [6.07, 6.45) is 2.24. The molecule has 2 atom stereocenters. The largest absolute Gasteiger partial charge is 0.395 e. The summed E-state index contributed by atoms with van der Waals surface area (Å²) in [5.74, 6) is 0.307. The number of nitrogens with one attached hydrogen (secondary N) is 1. The summed E-state index contributed by atoms with van der Waals surface area (Å²) in [6, 6.07) is 0.340. The molecule has 4 N–H and O–H groups in total. The second kappa shape index (κ2) is 7.22. The van der Waals surface area contributed by atoms with Crippen molar-refractivity contribution in [3.63, 3.8) is 0 Å². The van der Waals surface area contributed by atoms with E-state index in [0.717, 1.165) is 25.9 Å². The van der Waals surface area contributed by atoms with Crippen LogP contribution in [-0.2, 0) is 4.79 Å². The van der Waals surface area contributed by atoms with Gasteiger partial charge in [-0.05, 0) is 24.2 Å². The summed E-state index contributed by atoms with van der Waals surface area (Å²) >= 11 is 0. The lowest BCUT2D eigenvalue weighted by Crippen LogP contribution is -2.52. The number of aliphatic hydroxyl groups is 1. The Morgan fingerprint density at radius 1 is 1.42 bits per heavy atom. The van der Waals surface area contributed by atoms with Crippen LogP contribution in [0, 0.1) is 11.3 Å². The predicted octanol–water partition coefficient (Wildman–Crippen LogP) is 0.180. The number of nitrogens with zero attached hydrogens (tertiary/aromatic N) is 1. The van der Waals surface area contributed by atoms with Crippen molar-refractivity contribution in [3.8, 4) is 0 Å². The molecule has 5 nitrogen and oxygen atoms in total. The number of rotatable bonds is 6. The number of aliphatic hydroxyl groups excluding tert-OH is 1. The van der Waals surface area contributed by atoms with Gasteiger partial charge in [0.2, 0.25) is 5.91 Å². The number of carbonyl (C=O) groups is 1. The van der Waals surface area contributed by atoms with Crippen LogP contribution in [0.1, 0.15) is 33.6 Å². The zero-order valence-electron chi connectivity index (χ0n) is 12.5. The Morgan fingerprint density at radius 3 is 2.63 bits per heavy atom. The molecule has 0 radical (unpaired) electrons. The van der Waals surface area contributed by atoms with Crippen molar-refractivity contribution in [1.29, 1.82) is 0 Å². The highest BCUT2D eigenvalue weighted by Crippen LogP contribution is 2.30. The fourth-order valence-corrected chi connectivity index (χ4v) is 3.08. The molecule has 19 heavy (non-hydrogen) atoms. The van der Waals surface area contributed by atoms with Gasteiger partial charge in [-0.1, -0.05) is 20.8 Å². The first-order valence-electron chi connectivity index (χ1n) is 7.15. The molecule has 112 valence electrons. The number of carbonyl (C=O) groups excluding carboxylic acids is 1. The number of amides is 1. The molecular formula is C14H29N3O2. The van der Waals surface area contributed by atoms with Crippen molar-refractivity contribution < 1.29 is 9.90 Å². The molecule has 1 aliphatic heterocycles. The highest BCUT2D eigenvalue weighted by Gasteiger charge is 2.30. The van der Waals surface area contributed by atoms with Crippen LogP contribution in [0.4, 0.5) is 0 Å². The van der Waals surface area contributed by atoms with Crippen LogP contribution in [0.2, 0.25) is 0 Å². The number of hydrogen-bond acceptors (Lipinski definition) is 4. The molecule has 1 saturated heterocycles. The maximum Gasteiger partial charge on any atom is 0.231 e. The fourth-order valence-electron chi connectivity index (χ4n) is 3.08. The van der Waals surface area contributed by atoms with Gasteiger partial charge in [0.25, 0.3) is 0 Å². The second-order valence-corrected chi connectivity index (χ2v) is 6.90. The van der Waals surface area contributed by atoms with E-state index in [1.165, 1.54) is 0 Å². The summed E-state index contributed by atoms with van der Waals surface area (Å²) in [4.78, 5) is 13.2. The van der Waals surface area contributed by atoms with Crippen LogP contribution in [0.15, 0.2) is 0 Å². The minimum Gasteiger partial charge on any atom is -0.395 e. The summed E-state index contributed by atoms with van der Waals surface area (Å²) < 4.78 is 0. The van der Waals surface area contributed by atoms with Crippen molar-refractivity contribution in [2.75, 3.05) is 32.8 Å². The lowest BCUT2D eigenvalue weighted by molar-refractivity contribution is -0.119. The van der Waals surface area contributed by atoms with Crippen LogP contribution < -0.4 is 11.1 Å². The van der Waals surface area contributed by atoms with E-state index < -0.39 is 0 Å². The zero-order chi connectivity index (χ0) is 14.5. The lowest BCUT2D eigenvalue weighted by Gasteiger charge is -2.39. The molecule has 2 unspecified atom stereocenters. The maximum atomic E-state index is 11.1. The topological polar surface area (TPSA) is 78.6 Å². The van der Waals surface area contributed by atoms with E-state index in [1.54, 1.807) is 0 Å². The number of likely N-dealkylation sites (tertiary alicyclic amines) is 1. The quantitative estimate of drug-likeness (QED) is 0.644. The molecule has 0 aromatic rings. The molecule has 0 aliphatic carbocycles. The minimum atomic E-state index is -0.266. The predicted molar refractivity (Wildman–Crippen MR) is 76.7 cm³/mol. The lowest BCUT2D eigenvalue weighted by atomic mass is 9.80. The van der Waals surface area contributed by atoms with Crippen LogP contribution >= 0.6 is 0 Å². The van der Waals surface area contributed by atoms with Gasteiger partial charge in [0.05, 0.1) is 13.2 Å². The fraction of sp³-hybridized carbons (Fsp3) is 0.929. The maximum absolute atomic E-state index is 11.1. The van der Waals surface area contributed by atoms with Crippen molar-refractivity contribution in [2.24, 2.45) is 17.1 Å². The zero-order valence-corrected chi connectivity index (χ0v) is 12.5. The van der Waals surface area contributed by atoms with Crippen LogP contribution in [-0.4, -0.2) is 54.7 Å². The molecule has 0 spiro atoms. The Hall–Kier alpha value is -0.650. The number of piperidine rings is 1. The molecule has 0 aromatic heterocycles. The third-order valence-electron chi connectivity index (χ3n) is 3.44. The highest BCUT2D eigenvalue weighted by atomic mass is 16.3. The van der Waals surface area contributed by atoms with Crippen molar-refractivity contribution in [2.45, 2.75) is 39.7 Å². The molecular weight excluding hydrogens is 242 g/mol. The van der Waals surface area contributed by atoms with Gasteiger partial charge >= 0.3 is 0 Å². The first-order chi connectivity index (χ1) is 8.80. The molecule has 1 amide bonds. The van der Waals surface area contributed by atoms with Gasteiger partial charge in [0.15, 0.2) is 0 Å².